The van der Waals surface area contributed by atoms with E-state index >= 15 is 0 Å². The van der Waals surface area contributed by atoms with Crippen LogP contribution in [0.1, 0.15) is 22.8 Å². The number of amides is 1. The van der Waals surface area contributed by atoms with Crippen molar-refractivity contribution in [3.05, 3.63) is 104 Å². The third-order valence-corrected chi connectivity index (χ3v) is 5.33. The molecule has 4 aromatic rings. The summed E-state index contributed by atoms with van der Waals surface area (Å²) in [7, 11) is 0. The molecular formula is C24H21ClN6O4. The Bertz CT molecular complexity index is 1480. The summed E-state index contributed by atoms with van der Waals surface area (Å²) in [6.45, 7) is 2.18. The van der Waals surface area contributed by atoms with E-state index in [-0.39, 0.29) is 24.8 Å². The first-order valence-corrected chi connectivity index (χ1v) is 11.0. The number of benzene rings is 2. The first kappa shape index (κ1) is 23.7. The fourth-order valence-electron chi connectivity index (χ4n) is 3.33. The number of nitrogens with two attached hydrogens (primary N) is 1. The number of nitrogens with zero attached hydrogens (tertiary/aromatic N) is 4. The maximum Gasteiger partial charge on any atom is 0.332 e. The summed E-state index contributed by atoms with van der Waals surface area (Å²) in [5, 5.41) is 3.57. The van der Waals surface area contributed by atoms with E-state index in [1.807, 2.05) is 0 Å². The summed E-state index contributed by atoms with van der Waals surface area (Å²) < 4.78 is 8.21. The molecule has 0 unspecified atom stereocenters. The molecule has 0 saturated heterocycles. The minimum Gasteiger partial charge on any atom is -0.437 e. The Morgan fingerprint density at radius 2 is 1.83 bits per heavy atom. The molecule has 0 spiro atoms. The van der Waals surface area contributed by atoms with Crippen molar-refractivity contribution >= 4 is 29.1 Å². The van der Waals surface area contributed by atoms with E-state index in [1.165, 1.54) is 29.1 Å². The fourth-order valence-corrected chi connectivity index (χ4v) is 3.46. The molecule has 2 aromatic carbocycles. The molecule has 35 heavy (non-hydrogen) atoms. The lowest BCUT2D eigenvalue weighted by molar-refractivity contribution is 0.1000. The van der Waals surface area contributed by atoms with Gasteiger partial charge in [0, 0.05) is 23.2 Å². The summed E-state index contributed by atoms with van der Waals surface area (Å²) in [5.74, 6) is 0.530. The minimum atomic E-state index is -0.573. The van der Waals surface area contributed by atoms with E-state index in [1.54, 1.807) is 49.4 Å². The molecule has 3 N–H and O–H groups in total. The van der Waals surface area contributed by atoms with Crippen molar-refractivity contribution in [1.29, 1.82) is 0 Å². The maximum atomic E-state index is 13.0. The predicted octanol–water partition coefficient (Wildman–Crippen LogP) is 3.16. The molecule has 0 saturated carbocycles. The van der Waals surface area contributed by atoms with Crippen molar-refractivity contribution in [1.82, 2.24) is 19.1 Å². The Morgan fingerprint density at radius 3 is 2.49 bits per heavy atom. The molecule has 178 valence electrons. The molecule has 0 radical (unpaired) electrons. The van der Waals surface area contributed by atoms with Crippen LogP contribution in [0.15, 0.2) is 76.6 Å². The molecule has 0 fully saturated rings. The number of ether oxygens (including phenoxy) is 1. The highest BCUT2D eigenvalue weighted by Crippen LogP contribution is 2.21. The van der Waals surface area contributed by atoms with Gasteiger partial charge in [-0.25, -0.2) is 14.8 Å². The zero-order chi connectivity index (χ0) is 24.9. The topological polar surface area (TPSA) is 134 Å². The highest BCUT2D eigenvalue weighted by molar-refractivity contribution is 6.30. The zero-order valence-corrected chi connectivity index (χ0v) is 19.4. The number of anilines is 2. The zero-order valence-electron chi connectivity index (χ0n) is 18.6. The third kappa shape index (κ3) is 5.56. The fraction of sp³-hybridized carbons (Fsp3) is 0.125. The highest BCUT2D eigenvalue weighted by atomic mass is 35.5. The van der Waals surface area contributed by atoms with Gasteiger partial charge in [0.1, 0.15) is 17.4 Å². The number of carbonyl (C=O) groups is 1. The lowest BCUT2D eigenvalue weighted by Crippen LogP contribution is -2.40. The Morgan fingerprint density at radius 1 is 1.06 bits per heavy atom. The molecule has 4 rings (SSSR count). The van der Waals surface area contributed by atoms with E-state index < -0.39 is 17.2 Å². The first-order chi connectivity index (χ1) is 16.8. The molecule has 1 amide bonds. The Kier molecular flexibility index (Phi) is 6.93. The normalized spacial score (nSPS) is 10.7. The van der Waals surface area contributed by atoms with Crippen LogP contribution in [0.5, 0.6) is 11.6 Å². The van der Waals surface area contributed by atoms with Crippen LogP contribution in [-0.4, -0.2) is 25.0 Å². The number of primary amides is 1. The molecule has 0 aliphatic carbocycles. The number of halogens is 1. The molecule has 0 aliphatic heterocycles. The van der Waals surface area contributed by atoms with E-state index in [2.05, 4.69) is 15.3 Å². The van der Waals surface area contributed by atoms with Gasteiger partial charge in [-0.05, 0) is 42.8 Å². The van der Waals surface area contributed by atoms with Gasteiger partial charge in [0.2, 0.25) is 11.8 Å². The van der Waals surface area contributed by atoms with Crippen LogP contribution < -0.4 is 27.0 Å². The van der Waals surface area contributed by atoms with Gasteiger partial charge < -0.3 is 15.8 Å². The molecule has 0 atom stereocenters. The molecule has 2 aromatic heterocycles. The lowest BCUT2D eigenvalue weighted by Gasteiger charge is -2.16. The quantitative estimate of drug-likeness (QED) is 0.385. The maximum absolute atomic E-state index is 13.0. The van der Waals surface area contributed by atoms with Crippen LogP contribution in [0, 0.1) is 0 Å². The van der Waals surface area contributed by atoms with Crippen LogP contribution in [-0.2, 0) is 13.1 Å². The Labute approximate surface area is 204 Å². The highest BCUT2D eigenvalue weighted by Gasteiger charge is 2.13. The van der Waals surface area contributed by atoms with Gasteiger partial charge in [0.25, 0.3) is 5.56 Å². The second kappa shape index (κ2) is 10.2. The number of carbonyl (C=O) groups excluding carboxylic acids is 1. The smallest absolute Gasteiger partial charge is 0.332 e. The van der Waals surface area contributed by atoms with Crippen molar-refractivity contribution in [2.24, 2.45) is 5.73 Å². The third-order valence-electron chi connectivity index (χ3n) is 5.07. The van der Waals surface area contributed by atoms with Gasteiger partial charge in [0.05, 0.1) is 18.9 Å². The SMILES string of the molecule is CCn1c(=O)cc(Nc2cnc(Oc3cccc(C(N)=O)c3)cn2)n(Cc2ccc(Cl)cc2)c1=O. The van der Waals surface area contributed by atoms with Crippen LogP contribution in [0.4, 0.5) is 11.6 Å². The number of aromatic nitrogens is 4. The van der Waals surface area contributed by atoms with Gasteiger partial charge in [0.15, 0.2) is 0 Å². The Hall–Kier alpha value is -4.44. The largest absolute Gasteiger partial charge is 0.437 e. The molecule has 0 bridgehead atoms. The van der Waals surface area contributed by atoms with Crippen LogP contribution in [0.25, 0.3) is 0 Å². The molecular weight excluding hydrogens is 472 g/mol. The van der Waals surface area contributed by atoms with Crippen molar-refractivity contribution < 1.29 is 9.53 Å². The summed E-state index contributed by atoms with van der Waals surface area (Å²) in [4.78, 5) is 45.3. The average Bonchev–Trinajstić information content (AvgIpc) is 2.84. The Balaban J connectivity index is 1.60. The average molecular weight is 493 g/mol. The van der Waals surface area contributed by atoms with Crippen LogP contribution in [0.3, 0.4) is 0 Å². The van der Waals surface area contributed by atoms with Crippen molar-refractivity contribution in [3.63, 3.8) is 0 Å². The number of rotatable bonds is 8. The van der Waals surface area contributed by atoms with Gasteiger partial charge in [-0.3, -0.25) is 18.7 Å². The monoisotopic (exact) mass is 492 g/mol. The molecule has 0 aliphatic rings. The van der Waals surface area contributed by atoms with Crippen LogP contribution >= 0.6 is 11.6 Å². The summed E-state index contributed by atoms with van der Waals surface area (Å²) in [5.41, 5.74) is 5.53. The van der Waals surface area contributed by atoms with E-state index in [0.29, 0.717) is 22.2 Å². The number of nitrogens with one attached hydrogen (secondary N) is 1. The first-order valence-electron chi connectivity index (χ1n) is 10.6. The van der Waals surface area contributed by atoms with E-state index in [0.717, 1.165) is 10.1 Å². The molecule has 11 heteroatoms. The number of hydrogen-bond donors (Lipinski definition) is 2. The van der Waals surface area contributed by atoms with Gasteiger partial charge in [-0.15, -0.1) is 0 Å². The standard InChI is InChI=1S/C24H21ClN6O4/c1-2-30-22(32)11-20(31(24(30)34)14-15-6-8-17(25)9-7-15)29-19-12-28-21(13-27-19)35-18-5-3-4-16(10-18)23(26)33/h3-13H,2,14H2,1H3,(H2,26,33)(H,27,29). The molecule has 10 nitrogen and oxygen atoms in total. The molecule has 2 heterocycles. The van der Waals surface area contributed by atoms with Crippen LogP contribution in [0.2, 0.25) is 5.02 Å². The van der Waals surface area contributed by atoms with Gasteiger partial charge >= 0.3 is 5.69 Å². The van der Waals surface area contributed by atoms with Crippen molar-refractivity contribution in [2.75, 3.05) is 5.32 Å². The second-order valence-electron chi connectivity index (χ2n) is 7.47. The van der Waals surface area contributed by atoms with Gasteiger partial charge in [-0.2, -0.15) is 0 Å². The van der Waals surface area contributed by atoms with E-state index in [4.69, 9.17) is 22.1 Å². The predicted molar refractivity (Wildman–Crippen MR) is 132 cm³/mol. The van der Waals surface area contributed by atoms with Gasteiger partial charge in [-0.1, -0.05) is 29.8 Å². The summed E-state index contributed by atoms with van der Waals surface area (Å²) >= 11 is 5.97. The number of hydrogen-bond acceptors (Lipinski definition) is 7. The minimum absolute atomic E-state index is 0.178. The second-order valence-corrected chi connectivity index (χ2v) is 7.90. The summed E-state index contributed by atoms with van der Waals surface area (Å²) in [6, 6.07) is 14.8. The van der Waals surface area contributed by atoms with E-state index in [9.17, 15) is 14.4 Å². The van der Waals surface area contributed by atoms with Crippen molar-refractivity contribution in [3.8, 4) is 11.6 Å². The summed E-state index contributed by atoms with van der Waals surface area (Å²) in [6.07, 6.45) is 2.77. The lowest BCUT2D eigenvalue weighted by atomic mass is 10.2. The van der Waals surface area contributed by atoms with Crippen molar-refractivity contribution in [2.45, 2.75) is 20.0 Å².